The molecule has 0 radical (unpaired) electrons. The number of rotatable bonds is 11. The van der Waals surface area contributed by atoms with Gasteiger partial charge in [-0.15, -0.1) is 0 Å². The van der Waals surface area contributed by atoms with Gasteiger partial charge in [0.25, 0.3) is 0 Å². The fourth-order valence-electron chi connectivity index (χ4n) is 7.19. The van der Waals surface area contributed by atoms with E-state index in [9.17, 15) is 54.6 Å². The van der Waals surface area contributed by atoms with E-state index in [2.05, 4.69) is 26.6 Å². The van der Waals surface area contributed by atoms with Crippen molar-refractivity contribution in [2.24, 2.45) is 0 Å². The van der Waals surface area contributed by atoms with Gasteiger partial charge in [-0.2, -0.15) is 0 Å². The minimum atomic E-state index is -2.05. The van der Waals surface area contributed by atoms with Crippen LogP contribution in [-0.2, 0) is 42.6 Å². The van der Waals surface area contributed by atoms with Gasteiger partial charge in [-0.25, -0.2) is 24.0 Å². The summed E-state index contributed by atoms with van der Waals surface area (Å²) in [4.78, 5) is 65.7. The zero-order valence-corrected chi connectivity index (χ0v) is 41.7. The number of nitrogens with one attached hydrogen (secondary N) is 5. The standard InChI is InChI=1S/C43H77N5O20/c1-39(2,3)64-34(55)44-17-21-26(51)27(52)24(48-38(59)68-43(13,14)15)32(60-21)62-30-19(45-35(56)65-40(4,5)6)16-20(46-36(57)66-41(7,8)9)31(29(30)54)63-33-28(53)23(25(50)22(18-49)61-33)47-37(58)67-42(10,11)12/h19-33,49-54H,16-18H2,1-15H3,(H,44,55)(H,45,56)(H,46,57)(H,47,58)(H,48,59). The quantitative estimate of drug-likeness (QED) is 0.126. The molecule has 394 valence electrons. The van der Waals surface area contributed by atoms with Gasteiger partial charge in [0.05, 0.1) is 24.7 Å². The highest BCUT2D eigenvalue weighted by molar-refractivity contribution is 5.70. The second-order valence-electron chi connectivity index (χ2n) is 21.9. The van der Waals surface area contributed by atoms with Crippen molar-refractivity contribution in [3.63, 3.8) is 0 Å². The zero-order valence-electron chi connectivity index (χ0n) is 41.7. The Morgan fingerprint density at radius 2 is 0.824 bits per heavy atom. The van der Waals surface area contributed by atoms with Crippen LogP contribution < -0.4 is 26.6 Å². The molecule has 0 aromatic rings. The molecule has 5 amide bonds. The molecule has 0 bridgehead atoms. The lowest BCUT2D eigenvalue weighted by atomic mass is 9.83. The van der Waals surface area contributed by atoms with E-state index >= 15 is 0 Å². The van der Waals surface area contributed by atoms with Crippen LogP contribution in [0.3, 0.4) is 0 Å². The van der Waals surface area contributed by atoms with Crippen LogP contribution in [0.1, 0.15) is 110 Å². The molecule has 15 atom stereocenters. The molecule has 1 saturated carbocycles. The minimum Gasteiger partial charge on any atom is -0.444 e. The molecule has 11 N–H and O–H groups in total. The minimum absolute atomic E-state index is 0.398. The molecule has 25 nitrogen and oxygen atoms in total. The van der Waals surface area contributed by atoms with Crippen LogP contribution in [0.25, 0.3) is 0 Å². The van der Waals surface area contributed by atoms with Gasteiger partial charge in [0.15, 0.2) is 12.6 Å². The molecule has 3 rings (SSSR count). The normalized spacial score (nSPS) is 32.7. The van der Waals surface area contributed by atoms with E-state index in [1.807, 2.05) is 0 Å². The maximum Gasteiger partial charge on any atom is 0.408 e. The third kappa shape index (κ3) is 18.4. The van der Waals surface area contributed by atoms with Crippen molar-refractivity contribution >= 4 is 30.5 Å². The Morgan fingerprint density at radius 1 is 0.456 bits per heavy atom. The Kier molecular flexibility index (Phi) is 19.5. The SMILES string of the molecule is CC(C)(C)OC(=O)NCC1OC(OC2C(NC(=O)OC(C)(C)C)CC(NC(=O)OC(C)(C)C)C(OC3OC(CO)C(O)C(NC(=O)OC(C)(C)C)C3O)C2O)C(NC(=O)OC(C)(C)C)C(O)C1O. The molecular weight excluding hydrogens is 906 g/mol. The third-order valence-corrected chi connectivity index (χ3v) is 9.76. The molecule has 15 unspecified atom stereocenters. The van der Waals surface area contributed by atoms with E-state index < -0.39 is 170 Å². The largest absolute Gasteiger partial charge is 0.444 e. The number of amides is 5. The highest BCUT2D eigenvalue weighted by Crippen LogP contribution is 2.34. The maximum atomic E-state index is 13.5. The Labute approximate surface area is 396 Å². The van der Waals surface area contributed by atoms with Crippen LogP contribution in [0.5, 0.6) is 0 Å². The summed E-state index contributed by atoms with van der Waals surface area (Å²) in [5, 5.41) is 80.7. The Morgan fingerprint density at radius 3 is 1.24 bits per heavy atom. The van der Waals surface area contributed by atoms with Gasteiger partial charge in [0, 0.05) is 6.54 Å². The highest BCUT2D eigenvalue weighted by Gasteiger charge is 2.55. The average molecular weight is 984 g/mol. The zero-order chi connectivity index (χ0) is 52.1. The van der Waals surface area contributed by atoms with E-state index in [-0.39, 0.29) is 0 Å². The predicted octanol–water partition coefficient (Wildman–Crippen LogP) is 0.505. The number of ether oxygens (including phenoxy) is 9. The summed E-state index contributed by atoms with van der Waals surface area (Å²) in [5.74, 6) is 0. The second-order valence-corrected chi connectivity index (χ2v) is 21.9. The van der Waals surface area contributed by atoms with Gasteiger partial charge in [0.1, 0.15) is 89.0 Å². The van der Waals surface area contributed by atoms with Crippen LogP contribution in [0.4, 0.5) is 24.0 Å². The number of hydrogen-bond acceptors (Lipinski definition) is 20. The lowest BCUT2D eigenvalue weighted by molar-refractivity contribution is -0.322. The Balaban J connectivity index is 2.17. The van der Waals surface area contributed by atoms with Crippen molar-refractivity contribution in [2.45, 2.75) is 230 Å². The highest BCUT2D eigenvalue weighted by atomic mass is 16.7. The molecule has 2 heterocycles. The summed E-state index contributed by atoms with van der Waals surface area (Å²) >= 11 is 0. The van der Waals surface area contributed by atoms with Crippen molar-refractivity contribution in [2.75, 3.05) is 13.2 Å². The molecule has 0 aromatic carbocycles. The Hall–Kier alpha value is -4.05. The first-order valence-corrected chi connectivity index (χ1v) is 22.4. The average Bonchev–Trinajstić information content (AvgIpc) is 3.12. The van der Waals surface area contributed by atoms with Crippen LogP contribution in [-0.4, -0.2) is 194 Å². The van der Waals surface area contributed by atoms with E-state index in [4.69, 9.17) is 42.6 Å². The summed E-state index contributed by atoms with van der Waals surface area (Å²) in [6.07, 6.45) is -25.2. The first-order chi connectivity index (χ1) is 30.9. The summed E-state index contributed by atoms with van der Waals surface area (Å²) < 4.78 is 51.6. The van der Waals surface area contributed by atoms with Gasteiger partial charge in [-0.1, -0.05) is 0 Å². The first-order valence-electron chi connectivity index (χ1n) is 22.4. The van der Waals surface area contributed by atoms with E-state index in [1.165, 1.54) is 0 Å². The van der Waals surface area contributed by atoms with E-state index in [1.54, 1.807) is 104 Å². The smallest absolute Gasteiger partial charge is 0.408 e. The van der Waals surface area contributed by atoms with Crippen LogP contribution in [0.15, 0.2) is 0 Å². The number of aliphatic hydroxyl groups is 6. The van der Waals surface area contributed by atoms with Gasteiger partial charge in [0.2, 0.25) is 0 Å². The summed E-state index contributed by atoms with van der Waals surface area (Å²) in [6.45, 7) is 22.5. The summed E-state index contributed by atoms with van der Waals surface area (Å²) in [5.41, 5.74) is -5.08. The fraction of sp³-hybridized carbons (Fsp3) is 0.884. The van der Waals surface area contributed by atoms with Crippen LogP contribution in [0.2, 0.25) is 0 Å². The molecule has 3 fully saturated rings. The molecule has 3 aliphatic rings. The monoisotopic (exact) mass is 984 g/mol. The van der Waals surface area contributed by atoms with Gasteiger partial charge in [-0.3, -0.25) is 0 Å². The van der Waals surface area contributed by atoms with E-state index in [0.717, 1.165) is 0 Å². The molecule has 1 aliphatic carbocycles. The lowest BCUT2D eigenvalue weighted by Gasteiger charge is -2.50. The topological polar surface area (TPSA) is 350 Å². The molecule has 2 saturated heterocycles. The number of carbonyl (C=O) groups is 5. The van der Waals surface area contributed by atoms with Gasteiger partial charge >= 0.3 is 30.5 Å². The van der Waals surface area contributed by atoms with Crippen molar-refractivity contribution in [3.05, 3.63) is 0 Å². The molecule has 68 heavy (non-hydrogen) atoms. The van der Waals surface area contributed by atoms with Crippen molar-refractivity contribution in [1.29, 1.82) is 0 Å². The maximum absolute atomic E-state index is 13.5. The Bertz CT molecular complexity index is 1700. The van der Waals surface area contributed by atoms with E-state index in [0.29, 0.717) is 0 Å². The molecule has 25 heteroatoms. The van der Waals surface area contributed by atoms with Crippen molar-refractivity contribution in [3.8, 4) is 0 Å². The second kappa shape index (κ2) is 22.8. The number of carbonyl (C=O) groups excluding carboxylic acids is 5. The predicted molar refractivity (Wildman–Crippen MR) is 236 cm³/mol. The van der Waals surface area contributed by atoms with Gasteiger partial charge < -0.3 is 99.9 Å². The molecular formula is C43H77N5O20. The summed E-state index contributed by atoms with van der Waals surface area (Å²) in [6, 6.07) is -6.08. The number of hydrogen-bond donors (Lipinski definition) is 11. The van der Waals surface area contributed by atoms with Crippen LogP contribution >= 0.6 is 0 Å². The van der Waals surface area contributed by atoms with Crippen LogP contribution in [0, 0.1) is 0 Å². The molecule has 0 spiro atoms. The third-order valence-electron chi connectivity index (χ3n) is 9.76. The number of aliphatic hydroxyl groups excluding tert-OH is 6. The summed E-state index contributed by atoms with van der Waals surface area (Å²) in [7, 11) is 0. The van der Waals surface area contributed by atoms with Crippen molar-refractivity contribution < 1.29 is 97.2 Å². The first kappa shape index (κ1) is 58.3. The lowest BCUT2D eigenvalue weighted by Crippen LogP contribution is -2.71. The van der Waals surface area contributed by atoms with Crippen molar-refractivity contribution in [1.82, 2.24) is 26.6 Å². The molecule has 2 aliphatic heterocycles. The molecule has 0 aromatic heterocycles. The number of alkyl carbamates (subject to hydrolysis) is 5. The fourth-order valence-corrected chi connectivity index (χ4v) is 7.19. The van der Waals surface area contributed by atoms with Gasteiger partial charge in [-0.05, 0) is 110 Å².